The van der Waals surface area contributed by atoms with Gasteiger partial charge in [-0.05, 0) is 50.0 Å². The average molecular weight is 271 g/mol. The van der Waals surface area contributed by atoms with Crippen LogP contribution in [0.15, 0.2) is 18.2 Å². The molecule has 0 bridgehead atoms. The van der Waals surface area contributed by atoms with Gasteiger partial charge in [-0.2, -0.15) is 0 Å². The fourth-order valence-electron chi connectivity index (χ4n) is 2.16. The summed E-state index contributed by atoms with van der Waals surface area (Å²) in [6, 6.07) is 3.57. The molecule has 0 spiro atoms. The quantitative estimate of drug-likeness (QED) is 0.782. The molecule has 1 unspecified atom stereocenters. The summed E-state index contributed by atoms with van der Waals surface area (Å²) in [5.41, 5.74) is 0.437. The van der Waals surface area contributed by atoms with Crippen molar-refractivity contribution in [2.45, 2.75) is 39.2 Å². The van der Waals surface area contributed by atoms with Crippen molar-refractivity contribution >= 4 is 0 Å². The number of halogens is 2. The van der Waals surface area contributed by atoms with Gasteiger partial charge in [0.15, 0.2) is 11.6 Å². The molecule has 0 fully saturated rings. The highest BCUT2D eigenvalue weighted by Crippen LogP contribution is 2.19. The largest absolute Gasteiger partial charge is 0.388 e. The van der Waals surface area contributed by atoms with E-state index >= 15 is 0 Å². The van der Waals surface area contributed by atoms with Gasteiger partial charge in [-0.25, -0.2) is 8.78 Å². The summed E-state index contributed by atoms with van der Waals surface area (Å²) < 4.78 is 25.9. The van der Waals surface area contributed by atoms with Gasteiger partial charge in [0, 0.05) is 6.54 Å². The molecule has 0 aliphatic heterocycles. The van der Waals surface area contributed by atoms with Gasteiger partial charge < -0.3 is 10.0 Å². The Morgan fingerprint density at radius 3 is 2.21 bits per heavy atom. The number of aliphatic hydroxyl groups excluding tert-OH is 1. The molecule has 1 rings (SSSR count). The van der Waals surface area contributed by atoms with Gasteiger partial charge in [0.2, 0.25) is 0 Å². The van der Waals surface area contributed by atoms with E-state index in [1.165, 1.54) is 6.07 Å². The molecule has 0 heterocycles. The van der Waals surface area contributed by atoms with Crippen LogP contribution < -0.4 is 0 Å². The van der Waals surface area contributed by atoms with Gasteiger partial charge in [-0.15, -0.1) is 0 Å². The van der Waals surface area contributed by atoms with Crippen molar-refractivity contribution in [3.05, 3.63) is 35.4 Å². The molecule has 1 aromatic rings. The molecule has 1 N–H and O–H groups in total. The van der Waals surface area contributed by atoms with Crippen LogP contribution in [0.1, 0.15) is 44.8 Å². The van der Waals surface area contributed by atoms with E-state index in [1.807, 2.05) is 0 Å². The lowest BCUT2D eigenvalue weighted by Gasteiger charge is -2.22. The Labute approximate surface area is 114 Å². The number of nitrogens with zero attached hydrogens (tertiary/aromatic N) is 1. The summed E-state index contributed by atoms with van der Waals surface area (Å²) in [6.07, 6.45) is 1.93. The van der Waals surface area contributed by atoms with Crippen molar-refractivity contribution in [1.29, 1.82) is 0 Å². The first kappa shape index (κ1) is 16.1. The van der Waals surface area contributed by atoms with Gasteiger partial charge in [0.1, 0.15) is 0 Å². The second kappa shape index (κ2) is 8.23. The Morgan fingerprint density at radius 1 is 1.05 bits per heavy atom. The van der Waals surface area contributed by atoms with E-state index in [9.17, 15) is 13.9 Å². The zero-order chi connectivity index (χ0) is 14.3. The van der Waals surface area contributed by atoms with Crippen LogP contribution in [0.25, 0.3) is 0 Å². The second-order valence-corrected chi connectivity index (χ2v) is 4.82. The van der Waals surface area contributed by atoms with E-state index in [-0.39, 0.29) is 0 Å². The minimum Gasteiger partial charge on any atom is -0.388 e. The van der Waals surface area contributed by atoms with E-state index in [0.29, 0.717) is 12.0 Å². The normalized spacial score (nSPS) is 12.9. The average Bonchev–Trinajstić information content (AvgIpc) is 2.39. The van der Waals surface area contributed by atoms with Gasteiger partial charge >= 0.3 is 0 Å². The van der Waals surface area contributed by atoms with E-state index in [2.05, 4.69) is 18.7 Å². The third-order valence-electron chi connectivity index (χ3n) is 3.13. The van der Waals surface area contributed by atoms with Crippen LogP contribution in [0, 0.1) is 11.6 Å². The minimum atomic E-state index is -0.907. The fraction of sp³-hybridized carbons (Fsp3) is 0.600. The molecule has 0 aromatic heterocycles. The number of hydrogen-bond acceptors (Lipinski definition) is 2. The molecule has 0 amide bonds. The zero-order valence-corrected chi connectivity index (χ0v) is 11.7. The maximum atomic E-state index is 13.1. The molecule has 0 saturated carbocycles. The fourth-order valence-corrected chi connectivity index (χ4v) is 2.16. The maximum Gasteiger partial charge on any atom is 0.159 e. The number of aliphatic hydroxyl groups is 1. The highest BCUT2D eigenvalue weighted by Gasteiger charge is 2.12. The van der Waals surface area contributed by atoms with Gasteiger partial charge in [0.05, 0.1) is 6.10 Å². The van der Waals surface area contributed by atoms with Crippen molar-refractivity contribution < 1.29 is 13.9 Å². The van der Waals surface area contributed by atoms with Crippen molar-refractivity contribution in [2.75, 3.05) is 19.6 Å². The monoisotopic (exact) mass is 271 g/mol. The van der Waals surface area contributed by atoms with E-state index < -0.39 is 17.7 Å². The van der Waals surface area contributed by atoms with Crippen molar-refractivity contribution in [3.8, 4) is 0 Å². The van der Waals surface area contributed by atoms with Crippen LogP contribution in [-0.4, -0.2) is 29.6 Å². The molecule has 1 atom stereocenters. The first-order chi connectivity index (χ1) is 9.08. The molecule has 2 nitrogen and oxygen atoms in total. The zero-order valence-electron chi connectivity index (χ0n) is 11.7. The second-order valence-electron chi connectivity index (χ2n) is 4.82. The smallest absolute Gasteiger partial charge is 0.159 e. The molecular weight excluding hydrogens is 248 g/mol. The molecule has 0 saturated heterocycles. The van der Waals surface area contributed by atoms with Crippen LogP contribution in [0.3, 0.4) is 0 Å². The Morgan fingerprint density at radius 2 is 1.68 bits per heavy atom. The number of hydrogen-bond donors (Lipinski definition) is 1. The van der Waals surface area contributed by atoms with Crippen LogP contribution in [-0.2, 0) is 0 Å². The van der Waals surface area contributed by atoms with Gasteiger partial charge in [-0.3, -0.25) is 0 Å². The highest BCUT2D eigenvalue weighted by molar-refractivity contribution is 5.19. The van der Waals surface area contributed by atoms with Gasteiger partial charge in [-0.1, -0.05) is 19.9 Å². The standard InChI is InChI=1S/C15H23F2NO/c1-3-8-18(9-4-2)10-7-15(19)12-5-6-13(16)14(17)11-12/h5-6,11,15,19H,3-4,7-10H2,1-2H3. The van der Waals surface area contributed by atoms with Crippen LogP contribution in [0.2, 0.25) is 0 Å². The SMILES string of the molecule is CCCN(CCC)CCC(O)c1ccc(F)c(F)c1. The predicted molar refractivity (Wildman–Crippen MR) is 73.0 cm³/mol. The topological polar surface area (TPSA) is 23.5 Å². The van der Waals surface area contributed by atoms with Crippen LogP contribution >= 0.6 is 0 Å². The van der Waals surface area contributed by atoms with E-state index in [1.54, 1.807) is 0 Å². The lowest BCUT2D eigenvalue weighted by molar-refractivity contribution is 0.141. The summed E-state index contributed by atoms with van der Waals surface area (Å²) in [7, 11) is 0. The molecule has 0 radical (unpaired) electrons. The Kier molecular flexibility index (Phi) is 6.95. The summed E-state index contributed by atoms with van der Waals surface area (Å²) in [5, 5.41) is 10.0. The third kappa shape index (κ3) is 5.25. The van der Waals surface area contributed by atoms with Gasteiger partial charge in [0.25, 0.3) is 0 Å². The lowest BCUT2D eigenvalue weighted by atomic mass is 10.1. The summed E-state index contributed by atoms with van der Waals surface area (Å²) in [5.74, 6) is -1.79. The molecule has 4 heteroatoms. The predicted octanol–water partition coefficient (Wildman–Crippen LogP) is 3.51. The van der Waals surface area contributed by atoms with Crippen molar-refractivity contribution in [3.63, 3.8) is 0 Å². The third-order valence-corrected chi connectivity index (χ3v) is 3.13. The number of rotatable bonds is 8. The molecule has 108 valence electrons. The van der Waals surface area contributed by atoms with Crippen LogP contribution in [0.5, 0.6) is 0 Å². The first-order valence-electron chi connectivity index (χ1n) is 6.93. The Balaban J connectivity index is 2.53. The van der Waals surface area contributed by atoms with Crippen molar-refractivity contribution in [1.82, 2.24) is 4.90 Å². The summed E-state index contributed by atoms with van der Waals surface area (Å²) in [6.45, 7) is 7.00. The molecule has 19 heavy (non-hydrogen) atoms. The molecule has 0 aliphatic rings. The van der Waals surface area contributed by atoms with Crippen LogP contribution in [0.4, 0.5) is 8.78 Å². The summed E-state index contributed by atoms with van der Waals surface area (Å²) >= 11 is 0. The van der Waals surface area contributed by atoms with E-state index in [4.69, 9.17) is 0 Å². The highest BCUT2D eigenvalue weighted by atomic mass is 19.2. The van der Waals surface area contributed by atoms with Crippen molar-refractivity contribution in [2.24, 2.45) is 0 Å². The Hall–Kier alpha value is -1.00. The maximum absolute atomic E-state index is 13.1. The number of benzene rings is 1. The first-order valence-corrected chi connectivity index (χ1v) is 6.93. The molecule has 0 aliphatic carbocycles. The summed E-state index contributed by atoms with van der Waals surface area (Å²) in [4.78, 5) is 2.28. The lowest BCUT2D eigenvalue weighted by Crippen LogP contribution is -2.27. The Bertz CT molecular complexity index is 378. The molecule has 1 aromatic carbocycles. The van der Waals surface area contributed by atoms with E-state index in [0.717, 1.165) is 44.6 Å². The molecular formula is C15H23F2NO. The minimum absolute atomic E-state index is 0.437.